The van der Waals surface area contributed by atoms with Crippen LogP contribution in [0.2, 0.25) is 5.02 Å². The van der Waals surface area contributed by atoms with Crippen LogP contribution in [0.3, 0.4) is 0 Å². The van der Waals surface area contributed by atoms with Gasteiger partial charge in [0.1, 0.15) is 11.4 Å². The number of nitrogens with one attached hydrogen (secondary N) is 2. The average Bonchev–Trinajstić information content (AvgIpc) is 3.69. The van der Waals surface area contributed by atoms with Crippen LogP contribution in [0.15, 0.2) is 35.2 Å². The van der Waals surface area contributed by atoms with Crippen molar-refractivity contribution in [3.8, 4) is 16.9 Å². The van der Waals surface area contributed by atoms with E-state index in [9.17, 15) is 4.79 Å². The number of hydrogen-bond donors (Lipinski definition) is 2. The van der Waals surface area contributed by atoms with Gasteiger partial charge in [0.2, 0.25) is 0 Å². The van der Waals surface area contributed by atoms with Crippen molar-refractivity contribution in [1.29, 1.82) is 0 Å². The number of nitrogens with zero attached hydrogens (tertiary/aromatic N) is 4. The maximum absolute atomic E-state index is 13.3. The average molecular weight is 677 g/mol. The van der Waals surface area contributed by atoms with Crippen LogP contribution in [0, 0.1) is 6.92 Å². The third-order valence-corrected chi connectivity index (χ3v) is 11.2. The molecule has 240 valence electrons. The smallest absolute Gasteiger partial charge is 0.354 e. The lowest BCUT2D eigenvalue weighted by molar-refractivity contribution is 0.0589. The number of fused-ring (bicyclic) bond motifs is 8. The number of anilines is 1. The molecule has 0 atom stereocenters. The molecule has 2 N–H and O–H groups in total. The summed E-state index contributed by atoms with van der Waals surface area (Å²) in [5.41, 5.74) is 10.7. The molecule has 0 radical (unpaired) electrons. The van der Waals surface area contributed by atoms with Gasteiger partial charge in [-0.1, -0.05) is 17.7 Å². The fourth-order valence-electron chi connectivity index (χ4n) is 6.72. The zero-order chi connectivity index (χ0) is 31.9. The summed E-state index contributed by atoms with van der Waals surface area (Å²) in [6, 6.07) is 10.6. The third-order valence-electron chi connectivity index (χ3n) is 8.88. The molecule has 0 spiro atoms. The van der Waals surface area contributed by atoms with Crippen LogP contribution in [0.25, 0.3) is 22.0 Å². The number of aryl methyl sites for hydroxylation is 5. The molecule has 0 unspecified atom stereocenters. The molecular formula is C34H37ClN6O3S2. The Labute approximate surface area is 281 Å². The van der Waals surface area contributed by atoms with Crippen molar-refractivity contribution in [2.24, 2.45) is 14.1 Å². The molecule has 2 aliphatic rings. The fourth-order valence-corrected chi connectivity index (χ4v) is 8.83. The molecule has 3 aromatic heterocycles. The van der Waals surface area contributed by atoms with E-state index in [0.29, 0.717) is 29.5 Å². The van der Waals surface area contributed by atoms with Crippen molar-refractivity contribution in [2.75, 3.05) is 25.6 Å². The Morgan fingerprint density at radius 1 is 1.09 bits per heavy atom. The van der Waals surface area contributed by atoms with E-state index in [1.54, 1.807) is 11.8 Å². The highest BCUT2D eigenvalue weighted by molar-refractivity contribution is 7.98. The van der Waals surface area contributed by atoms with Gasteiger partial charge in [0, 0.05) is 65.0 Å². The lowest BCUT2D eigenvalue weighted by Crippen LogP contribution is -2.14. The second-order valence-corrected chi connectivity index (χ2v) is 14.3. The Bertz CT molecular complexity index is 1960. The van der Waals surface area contributed by atoms with Crippen LogP contribution in [0.5, 0.6) is 5.75 Å². The second kappa shape index (κ2) is 12.9. The standard InChI is InChI=1S/C34H37ClN6O3S2/c1-19-29-27(38-37-19)18-45-16-21-14-22(41(3)39-21)17-46-23-13-20-7-5-11-36-31(20)28(15-23)44-12-6-8-24-25-9-10-26(35)30(29)32(25)40(2)33(24)34(42)43-4/h9-10,13-15,36H,5-8,11-12,16-18H2,1-4H3,(H,37,38). The second-order valence-electron chi connectivity index (χ2n) is 11.8. The molecule has 5 heterocycles. The number of rotatable bonds is 1. The van der Waals surface area contributed by atoms with Gasteiger partial charge in [0.15, 0.2) is 0 Å². The highest BCUT2D eigenvalue weighted by atomic mass is 35.5. The van der Waals surface area contributed by atoms with Crippen LogP contribution < -0.4 is 10.1 Å². The number of thioether (sulfide) groups is 2. The van der Waals surface area contributed by atoms with E-state index in [4.69, 9.17) is 26.2 Å². The summed E-state index contributed by atoms with van der Waals surface area (Å²) in [6.07, 6.45) is 3.49. The number of aromatic nitrogens is 5. The molecule has 0 amide bonds. The van der Waals surface area contributed by atoms with Crippen molar-refractivity contribution < 1.29 is 14.3 Å². The predicted molar refractivity (Wildman–Crippen MR) is 186 cm³/mol. The van der Waals surface area contributed by atoms with E-state index in [2.05, 4.69) is 33.7 Å². The van der Waals surface area contributed by atoms with Gasteiger partial charge in [0.25, 0.3) is 0 Å². The first-order valence-electron chi connectivity index (χ1n) is 15.5. The number of ether oxygens (including phenoxy) is 2. The molecule has 0 saturated carbocycles. The molecule has 5 aromatic rings. The first-order chi connectivity index (χ1) is 22.3. The molecule has 12 heteroatoms. The first-order valence-corrected chi connectivity index (χ1v) is 18.0. The van der Waals surface area contributed by atoms with Gasteiger partial charge in [0.05, 0.1) is 47.0 Å². The Morgan fingerprint density at radius 3 is 2.80 bits per heavy atom. The molecule has 0 aliphatic carbocycles. The van der Waals surface area contributed by atoms with Crippen molar-refractivity contribution in [3.05, 3.63) is 75.0 Å². The van der Waals surface area contributed by atoms with Crippen molar-refractivity contribution >= 4 is 57.7 Å². The van der Waals surface area contributed by atoms with E-state index in [1.165, 1.54) is 23.3 Å². The lowest BCUT2D eigenvalue weighted by Gasteiger charge is -2.22. The minimum atomic E-state index is -0.372. The highest BCUT2D eigenvalue weighted by Crippen LogP contribution is 2.43. The van der Waals surface area contributed by atoms with Gasteiger partial charge >= 0.3 is 5.97 Å². The van der Waals surface area contributed by atoms with Gasteiger partial charge in [-0.25, -0.2) is 4.79 Å². The van der Waals surface area contributed by atoms with Crippen LogP contribution in [0.1, 0.15) is 57.2 Å². The molecule has 0 saturated heterocycles. The minimum Gasteiger partial charge on any atom is -0.491 e. The molecule has 0 fully saturated rings. The van der Waals surface area contributed by atoms with Crippen molar-refractivity contribution in [1.82, 2.24) is 24.5 Å². The molecular weight excluding hydrogens is 640 g/mol. The van der Waals surface area contributed by atoms with E-state index < -0.39 is 0 Å². The van der Waals surface area contributed by atoms with Crippen LogP contribution in [-0.4, -0.2) is 50.8 Å². The molecule has 2 aromatic carbocycles. The molecule has 9 nitrogen and oxygen atoms in total. The largest absolute Gasteiger partial charge is 0.491 e. The SMILES string of the molecule is COC(=O)c1c2c3ccc(Cl)c(c3n1C)-c1c(C)n[nH]c1CSCc1cc(n(C)n1)CSc1cc3c(c(c1)OCCC2)NCCC3. The highest BCUT2D eigenvalue weighted by Gasteiger charge is 2.27. The summed E-state index contributed by atoms with van der Waals surface area (Å²) >= 11 is 10.6. The number of methoxy groups -OCH3 is 1. The normalized spacial score (nSPS) is 15.4. The van der Waals surface area contributed by atoms with Gasteiger partial charge in [-0.05, 0) is 68.0 Å². The number of benzene rings is 2. The third kappa shape index (κ3) is 5.66. The maximum atomic E-state index is 13.3. The molecule has 46 heavy (non-hydrogen) atoms. The number of halogens is 1. The molecule has 2 aliphatic heterocycles. The van der Waals surface area contributed by atoms with Gasteiger partial charge in [-0.3, -0.25) is 9.78 Å². The van der Waals surface area contributed by atoms with Crippen molar-refractivity contribution in [3.63, 3.8) is 0 Å². The Kier molecular flexibility index (Phi) is 8.73. The topological polar surface area (TPSA) is 99.0 Å². The summed E-state index contributed by atoms with van der Waals surface area (Å²) in [6.45, 7) is 3.43. The summed E-state index contributed by atoms with van der Waals surface area (Å²) in [5.74, 6) is 2.79. The van der Waals surface area contributed by atoms with Gasteiger partial charge < -0.3 is 19.4 Å². The number of aromatic amines is 1. The predicted octanol–water partition coefficient (Wildman–Crippen LogP) is 7.46. The Hall–Kier alpha value is -3.54. The van der Waals surface area contributed by atoms with E-state index in [1.807, 2.05) is 54.2 Å². The molecule has 8 bridgehead atoms. The maximum Gasteiger partial charge on any atom is 0.354 e. The number of esters is 1. The van der Waals surface area contributed by atoms with E-state index in [-0.39, 0.29) is 5.97 Å². The molecule has 7 rings (SSSR count). The van der Waals surface area contributed by atoms with Crippen LogP contribution in [-0.2, 0) is 48.9 Å². The number of carbonyl (C=O) groups excluding carboxylic acids is 1. The summed E-state index contributed by atoms with van der Waals surface area (Å²) in [5, 5.41) is 17.8. The fraction of sp³-hybridized carbons (Fsp3) is 0.382. The van der Waals surface area contributed by atoms with E-state index in [0.717, 1.165) is 93.4 Å². The van der Waals surface area contributed by atoms with Crippen molar-refractivity contribution in [2.45, 2.75) is 54.8 Å². The van der Waals surface area contributed by atoms with E-state index >= 15 is 0 Å². The monoisotopic (exact) mass is 676 g/mol. The number of carbonyl (C=O) groups is 1. The Balaban J connectivity index is 1.34. The minimum absolute atomic E-state index is 0.372. The number of hydrogen-bond acceptors (Lipinski definition) is 8. The summed E-state index contributed by atoms with van der Waals surface area (Å²) in [7, 11) is 5.36. The zero-order valence-corrected chi connectivity index (χ0v) is 28.8. The Morgan fingerprint density at radius 2 is 1.96 bits per heavy atom. The van der Waals surface area contributed by atoms with Gasteiger partial charge in [-0.2, -0.15) is 10.2 Å². The first kappa shape index (κ1) is 31.1. The van der Waals surface area contributed by atoms with Crippen LogP contribution >= 0.6 is 35.1 Å². The zero-order valence-electron chi connectivity index (χ0n) is 26.5. The summed E-state index contributed by atoms with van der Waals surface area (Å²) in [4.78, 5) is 14.5. The lowest BCUT2D eigenvalue weighted by atomic mass is 9.98. The van der Waals surface area contributed by atoms with Gasteiger partial charge in [-0.15, -0.1) is 23.5 Å². The number of H-pyrrole nitrogens is 1. The van der Waals surface area contributed by atoms with Crippen LogP contribution in [0.4, 0.5) is 5.69 Å². The quantitative estimate of drug-likeness (QED) is 0.177. The summed E-state index contributed by atoms with van der Waals surface area (Å²) < 4.78 is 15.7.